The lowest BCUT2D eigenvalue weighted by molar-refractivity contribution is 0.559. The smallest absolute Gasteiger partial charge is 0.208 e. The second-order valence-electron chi connectivity index (χ2n) is 3.81. The molecule has 1 atom stereocenters. The first kappa shape index (κ1) is 13.6. The van der Waals surface area contributed by atoms with Crippen LogP contribution < -0.4 is 10.0 Å². The van der Waals surface area contributed by atoms with Gasteiger partial charge in [0, 0.05) is 24.0 Å². The Morgan fingerprint density at radius 2 is 2.12 bits per heavy atom. The highest BCUT2D eigenvalue weighted by molar-refractivity contribution is 7.88. The zero-order valence-electron chi connectivity index (χ0n) is 9.78. The van der Waals surface area contributed by atoms with Gasteiger partial charge in [-0.2, -0.15) is 0 Å². The predicted octanol–water partition coefficient (Wildman–Crippen LogP) is 1.26. The first-order valence-corrected chi connectivity index (χ1v) is 7.89. The molecule has 0 fully saturated rings. The summed E-state index contributed by atoms with van der Waals surface area (Å²) in [5, 5.41) is 5.35. The molecule has 0 saturated carbocycles. The maximum absolute atomic E-state index is 10.8. The molecule has 0 saturated heterocycles. The average molecular weight is 262 g/mol. The Morgan fingerprint density at radius 3 is 2.62 bits per heavy atom. The standard InChI is InChI=1S/C10H18N2O2S2/c1-8-4-7-15-10(8)9(2)11-5-6-12-16(3,13)14/h4,7,9,11-12H,5-6H2,1-3H3. The third-order valence-electron chi connectivity index (χ3n) is 2.23. The highest BCUT2D eigenvalue weighted by Gasteiger charge is 2.08. The third kappa shape index (κ3) is 4.61. The number of sulfonamides is 1. The molecule has 0 bridgehead atoms. The highest BCUT2D eigenvalue weighted by Crippen LogP contribution is 2.22. The van der Waals surface area contributed by atoms with Gasteiger partial charge in [-0.25, -0.2) is 13.1 Å². The molecule has 1 heterocycles. The number of nitrogens with one attached hydrogen (secondary N) is 2. The van der Waals surface area contributed by atoms with Crippen LogP contribution in [0.15, 0.2) is 11.4 Å². The molecule has 1 unspecified atom stereocenters. The quantitative estimate of drug-likeness (QED) is 0.759. The van der Waals surface area contributed by atoms with Gasteiger partial charge in [-0.05, 0) is 30.9 Å². The van der Waals surface area contributed by atoms with Crippen LogP contribution in [-0.2, 0) is 10.0 Å². The molecule has 16 heavy (non-hydrogen) atoms. The SMILES string of the molecule is Cc1ccsc1C(C)NCCNS(C)(=O)=O. The summed E-state index contributed by atoms with van der Waals surface area (Å²) in [7, 11) is -3.07. The van der Waals surface area contributed by atoms with E-state index in [1.807, 2.05) is 0 Å². The van der Waals surface area contributed by atoms with Gasteiger partial charge >= 0.3 is 0 Å². The van der Waals surface area contributed by atoms with Crippen LogP contribution in [0.25, 0.3) is 0 Å². The van der Waals surface area contributed by atoms with E-state index in [0.717, 1.165) is 0 Å². The van der Waals surface area contributed by atoms with Gasteiger partial charge in [0.05, 0.1) is 6.26 Å². The van der Waals surface area contributed by atoms with Crippen LogP contribution in [0.1, 0.15) is 23.4 Å². The number of hydrogen-bond acceptors (Lipinski definition) is 4. The van der Waals surface area contributed by atoms with Gasteiger partial charge in [0.2, 0.25) is 10.0 Å². The monoisotopic (exact) mass is 262 g/mol. The zero-order valence-corrected chi connectivity index (χ0v) is 11.4. The van der Waals surface area contributed by atoms with Crippen LogP contribution in [0.5, 0.6) is 0 Å². The molecule has 0 amide bonds. The van der Waals surface area contributed by atoms with E-state index in [2.05, 4.69) is 35.3 Å². The second kappa shape index (κ2) is 5.77. The Labute approximate surface area is 101 Å². The summed E-state index contributed by atoms with van der Waals surface area (Å²) in [6.45, 7) is 5.22. The highest BCUT2D eigenvalue weighted by atomic mass is 32.2. The zero-order chi connectivity index (χ0) is 12.2. The minimum absolute atomic E-state index is 0.265. The summed E-state index contributed by atoms with van der Waals surface area (Å²) in [5.74, 6) is 0. The predicted molar refractivity (Wildman–Crippen MR) is 68.3 cm³/mol. The fraction of sp³-hybridized carbons (Fsp3) is 0.600. The topological polar surface area (TPSA) is 58.2 Å². The van der Waals surface area contributed by atoms with Crippen molar-refractivity contribution in [1.82, 2.24) is 10.0 Å². The van der Waals surface area contributed by atoms with Crippen LogP contribution in [0.3, 0.4) is 0 Å². The molecule has 4 nitrogen and oxygen atoms in total. The molecular formula is C10H18N2O2S2. The number of aryl methyl sites for hydroxylation is 1. The van der Waals surface area contributed by atoms with E-state index in [9.17, 15) is 8.42 Å². The molecule has 1 aromatic heterocycles. The van der Waals surface area contributed by atoms with Crippen LogP contribution in [-0.4, -0.2) is 27.8 Å². The summed E-state index contributed by atoms with van der Waals surface area (Å²) in [6, 6.07) is 2.36. The van der Waals surface area contributed by atoms with Crippen LogP contribution in [0.4, 0.5) is 0 Å². The molecular weight excluding hydrogens is 244 g/mol. The fourth-order valence-electron chi connectivity index (χ4n) is 1.45. The molecule has 2 N–H and O–H groups in total. The Hall–Kier alpha value is -0.430. The van der Waals surface area contributed by atoms with Crippen molar-refractivity contribution in [2.45, 2.75) is 19.9 Å². The van der Waals surface area contributed by atoms with Gasteiger partial charge < -0.3 is 5.32 Å². The molecule has 0 aliphatic carbocycles. The summed E-state index contributed by atoms with van der Waals surface area (Å²) in [6.07, 6.45) is 1.17. The lowest BCUT2D eigenvalue weighted by Gasteiger charge is -2.13. The normalized spacial score (nSPS) is 13.9. The van der Waals surface area contributed by atoms with Gasteiger partial charge in [-0.1, -0.05) is 0 Å². The van der Waals surface area contributed by atoms with Gasteiger partial charge in [-0.3, -0.25) is 0 Å². The molecule has 6 heteroatoms. The average Bonchev–Trinajstić information content (AvgIpc) is 2.57. The Kier molecular flexibility index (Phi) is 4.91. The van der Waals surface area contributed by atoms with E-state index >= 15 is 0 Å². The van der Waals surface area contributed by atoms with Gasteiger partial charge in [-0.15, -0.1) is 11.3 Å². The van der Waals surface area contributed by atoms with E-state index in [4.69, 9.17) is 0 Å². The van der Waals surface area contributed by atoms with Crippen molar-refractivity contribution in [1.29, 1.82) is 0 Å². The van der Waals surface area contributed by atoms with Crippen molar-refractivity contribution in [3.05, 3.63) is 21.9 Å². The van der Waals surface area contributed by atoms with Crippen molar-refractivity contribution in [2.75, 3.05) is 19.3 Å². The number of thiophene rings is 1. The lowest BCUT2D eigenvalue weighted by Crippen LogP contribution is -2.32. The van der Waals surface area contributed by atoms with Crippen LogP contribution >= 0.6 is 11.3 Å². The maximum atomic E-state index is 10.8. The largest absolute Gasteiger partial charge is 0.308 e. The van der Waals surface area contributed by atoms with E-state index in [1.165, 1.54) is 16.7 Å². The third-order valence-corrected chi connectivity index (χ3v) is 4.16. The minimum atomic E-state index is -3.07. The van der Waals surface area contributed by atoms with Crippen molar-refractivity contribution < 1.29 is 8.42 Å². The van der Waals surface area contributed by atoms with E-state index in [1.54, 1.807) is 11.3 Å². The summed E-state index contributed by atoms with van der Waals surface area (Å²) < 4.78 is 24.1. The first-order valence-electron chi connectivity index (χ1n) is 5.12. The Morgan fingerprint density at radius 1 is 1.44 bits per heavy atom. The molecule has 0 aliphatic rings. The van der Waals surface area contributed by atoms with E-state index in [0.29, 0.717) is 13.1 Å². The lowest BCUT2D eigenvalue weighted by atomic mass is 10.2. The van der Waals surface area contributed by atoms with Gasteiger partial charge in [0.25, 0.3) is 0 Å². The molecule has 92 valence electrons. The summed E-state index contributed by atoms with van der Waals surface area (Å²) >= 11 is 1.72. The van der Waals surface area contributed by atoms with Crippen molar-refractivity contribution in [2.24, 2.45) is 0 Å². The molecule has 0 spiro atoms. The van der Waals surface area contributed by atoms with Crippen LogP contribution in [0.2, 0.25) is 0 Å². The molecule has 0 aromatic carbocycles. The van der Waals surface area contributed by atoms with E-state index < -0.39 is 10.0 Å². The summed E-state index contributed by atoms with van der Waals surface area (Å²) in [4.78, 5) is 1.30. The Balaban J connectivity index is 2.32. The minimum Gasteiger partial charge on any atom is -0.308 e. The first-order chi connectivity index (χ1) is 7.40. The van der Waals surface area contributed by atoms with Crippen molar-refractivity contribution in [3.8, 4) is 0 Å². The Bertz CT molecular complexity index is 426. The van der Waals surface area contributed by atoms with Crippen molar-refractivity contribution >= 4 is 21.4 Å². The van der Waals surface area contributed by atoms with Gasteiger partial charge in [0.1, 0.15) is 0 Å². The second-order valence-corrected chi connectivity index (χ2v) is 6.59. The molecule has 1 aromatic rings. The number of rotatable bonds is 6. The fourth-order valence-corrected chi connectivity index (χ4v) is 2.88. The maximum Gasteiger partial charge on any atom is 0.208 e. The molecule has 1 rings (SSSR count). The molecule has 0 radical (unpaired) electrons. The van der Waals surface area contributed by atoms with E-state index in [-0.39, 0.29) is 6.04 Å². The van der Waals surface area contributed by atoms with Gasteiger partial charge in [0.15, 0.2) is 0 Å². The summed E-state index contributed by atoms with van der Waals surface area (Å²) in [5.41, 5.74) is 1.28. The van der Waals surface area contributed by atoms with Crippen LogP contribution in [0, 0.1) is 6.92 Å². The number of hydrogen-bond donors (Lipinski definition) is 2. The van der Waals surface area contributed by atoms with Crippen molar-refractivity contribution in [3.63, 3.8) is 0 Å². The molecule has 0 aliphatic heterocycles.